The zero-order valence-corrected chi connectivity index (χ0v) is 17.0. The van der Waals surface area contributed by atoms with Crippen LogP contribution in [0.5, 0.6) is 0 Å². The first-order valence-corrected chi connectivity index (χ1v) is 11.4. The van der Waals surface area contributed by atoms with Gasteiger partial charge in [0.2, 0.25) is 5.91 Å². The van der Waals surface area contributed by atoms with E-state index < -0.39 is 0 Å². The summed E-state index contributed by atoms with van der Waals surface area (Å²) < 4.78 is 0. The van der Waals surface area contributed by atoms with Gasteiger partial charge in [-0.1, -0.05) is 96.8 Å². The van der Waals surface area contributed by atoms with E-state index in [0.29, 0.717) is 11.6 Å². The van der Waals surface area contributed by atoms with Crippen LogP contribution < -0.4 is 5.32 Å². The normalized spacial score (nSPS) is 10.9. The van der Waals surface area contributed by atoms with Gasteiger partial charge < -0.3 is 5.32 Å². The Morgan fingerprint density at radius 3 is 1.76 bits per heavy atom. The Bertz CT molecular complexity index is 406. The van der Waals surface area contributed by atoms with Crippen molar-refractivity contribution in [1.29, 1.82) is 0 Å². The van der Waals surface area contributed by atoms with E-state index in [1.165, 1.54) is 101 Å². The predicted octanol–water partition coefficient (Wildman–Crippen LogP) is 7.34. The Balaban J connectivity index is 1.74. The topological polar surface area (TPSA) is 42.0 Å². The fourth-order valence-electron chi connectivity index (χ4n) is 3.12. The number of nitrogens with zero attached hydrogens (tertiary/aromatic N) is 1. The minimum Gasteiger partial charge on any atom is -0.302 e. The molecule has 0 unspecified atom stereocenters. The highest BCUT2D eigenvalue weighted by atomic mass is 32.1. The molecule has 3 nitrogen and oxygen atoms in total. The molecule has 0 spiro atoms. The van der Waals surface area contributed by atoms with Gasteiger partial charge in [0.25, 0.3) is 0 Å². The summed E-state index contributed by atoms with van der Waals surface area (Å²) in [6.07, 6.45) is 22.6. The van der Waals surface area contributed by atoms with Crippen molar-refractivity contribution in [1.82, 2.24) is 4.98 Å². The van der Waals surface area contributed by atoms with E-state index in [1.807, 2.05) is 5.38 Å². The molecule has 1 aromatic rings. The van der Waals surface area contributed by atoms with Crippen molar-refractivity contribution >= 4 is 22.4 Å². The Morgan fingerprint density at radius 2 is 1.32 bits per heavy atom. The lowest BCUT2D eigenvalue weighted by atomic mass is 10.0. The van der Waals surface area contributed by atoms with Gasteiger partial charge in [0, 0.05) is 18.0 Å². The van der Waals surface area contributed by atoms with Gasteiger partial charge >= 0.3 is 0 Å². The Hall–Kier alpha value is -0.900. The van der Waals surface area contributed by atoms with Crippen LogP contribution >= 0.6 is 11.3 Å². The third-order valence-electron chi connectivity index (χ3n) is 4.69. The van der Waals surface area contributed by atoms with Gasteiger partial charge in [-0.3, -0.25) is 4.79 Å². The number of unbranched alkanes of at least 4 members (excludes halogenated alkanes) is 14. The van der Waals surface area contributed by atoms with Gasteiger partial charge in [-0.25, -0.2) is 4.98 Å². The predicted molar refractivity (Wildman–Crippen MR) is 110 cm³/mol. The van der Waals surface area contributed by atoms with Crippen molar-refractivity contribution in [2.45, 2.75) is 110 Å². The molecule has 0 bridgehead atoms. The molecule has 0 aliphatic rings. The lowest BCUT2D eigenvalue weighted by Crippen LogP contribution is -2.10. The van der Waals surface area contributed by atoms with Gasteiger partial charge in [0.1, 0.15) is 0 Å². The molecule has 1 heterocycles. The highest BCUT2D eigenvalue weighted by Crippen LogP contribution is 2.14. The zero-order chi connectivity index (χ0) is 18.0. The molecule has 1 aromatic heterocycles. The van der Waals surface area contributed by atoms with Crippen molar-refractivity contribution in [3.63, 3.8) is 0 Å². The van der Waals surface area contributed by atoms with Crippen molar-refractivity contribution in [3.8, 4) is 0 Å². The largest absolute Gasteiger partial charge is 0.302 e. The van der Waals surface area contributed by atoms with Crippen LogP contribution in [0.2, 0.25) is 0 Å². The van der Waals surface area contributed by atoms with E-state index >= 15 is 0 Å². The number of thiazole rings is 1. The maximum absolute atomic E-state index is 11.7. The minimum absolute atomic E-state index is 0.102. The summed E-state index contributed by atoms with van der Waals surface area (Å²) in [5.74, 6) is 0.102. The van der Waals surface area contributed by atoms with Crippen LogP contribution in [-0.4, -0.2) is 10.9 Å². The van der Waals surface area contributed by atoms with Crippen LogP contribution in [0.3, 0.4) is 0 Å². The summed E-state index contributed by atoms with van der Waals surface area (Å²) in [7, 11) is 0. The minimum atomic E-state index is 0.102. The van der Waals surface area contributed by atoms with Gasteiger partial charge in [0.15, 0.2) is 5.13 Å². The van der Waals surface area contributed by atoms with Crippen LogP contribution in [0.4, 0.5) is 5.13 Å². The SMILES string of the molecule is CCCCCCCCCCCCCCCCCC(=O)Nc1nccs1. The molecular weight excluding hydrogens is 328 g/mol. The van der Waals surface area contributed by atoms with E-state index in [-0.39, 0.29) is 5.91 Å². The Morgan fingerprint density at radius 1 is 0.840 bits per heavy atom. The van der Waals surface area contributed by atoms with Crippen LogP contribution in [0.25, 0.3) is 0 Å². The Labute approximate surface area is 159 Å². The average molecular weight is 367 g/mol. The Kier molecular flexibility index (Phi) is 14.7. The summed E-state index contributed by atoms with van der Waals surface area (Å²) in [5, 5.41) is 5.43. The molecule has 0 radical (unpaired) electrons. The molecule has 25 heavy (non-hydrogen) atoms. The average Bonchev–Trinajstić information content (AvgIpc) is 3.11. The summed E-state index contributed by atoms with van der Waals surface area (Å²) in [5.41, 5.74) is 0. The number of hydrogen-bond acceptors (Lipinski definition) is 3. The van der Waals surface area contributed by atoms with E-state index in [4.69, 9.17) is 0 Å². The number of amides is 1. The molecular formula is C21H38N2OS. The van der Waals surface area contributed by atoms with Crippen molar-refractivity contribution < 1.29 is 4.79 Å². The standard InChI is InChI=1S/C21H38N2OS/c1-2-3-4-5-6-7-8-9-10-11-12-13-14-15-16-17-20(24)23-21-22-18-19-25-21/h18-19H,2-17H2,1H3,(H,22,23,24). The molecule has 0 saturated heterocycles. The first kappa shape index (κ1) is 22.1. The molecule has 0 aliphatic carbocycles. The number of hydrogen-bond donors (Lipinski definition) is 1. The lowest BCUT2D eigenvalue weighted by molar-refractivity contribution is -0.116. The maximum atomic E-state index is 11.7. The molecule has 0 saturated carbocycles. The lowest BCUT2D eigenvalue weighted by Gasteiger charge is -2.04. The summed E-state index contributed by atoms with van der Waals surface area (Å²) in [6.45, 7) is 2.28. The van der Waals surface area contributed by atoms with Crippen molar-refractivity contribution in [2.24, 2.45) is 0 Å². The van der Waals surface area contributed by atoms with Gasteiger partial charge in [-0.15, -0.1) is 11.3 Å². The number of rotatable bonds is 17. The molecule has 144 valence electrons. The smallest absolute Gasteiger partial charge is 0.226 e. The quantitative estimate of drug-likeness (QED) is 0.293. The first-order valence-electron chi connectivity index (χ1n) is 10.5. The molecule has 0 fully saturated rings. The van der Waals surface area contributed by atoms with Gasteiger partial charge in [-0.2, -0.15) is 0 Å². The van der Waals surface area contributed by atoms with E-state index in [0.717, 1.165) is 6.42 Å². The number of nitrogens with one attached hydrogen (secondary N) is 1. The monoisotopic (exact) mass is 366 g/mol. The molecule has 0 aromatic carbocycles. The highest BCUT2D eigenvalue weighted by molar-refractivity contribution is 7.13. The number of anilines is 1. The molecule has 4 heteroatoms. The van der Waals surface area contributed by atoms with E-state index in [9.17, 15) is 4.79 Å². The fourth-order valence-corrected chi connectivity index (χ4v) is 3.67. The third-order valence-corrected chi connectivity index (χ3v) is 5.37. The molecule has 1 N–H and O–H groups in total. The number of carbonyl (C=O) groups excluding carboxylic acids is 1. The zero-order valence-electron chi connectivity index (χ0n) is 16.2. The molecule has 1 rings (SSSR count). The number of aromatic nitrogens is 1. The maximum Gasteiger partial charge on any atom is 0.226 e. The van der Waals surface area contributed by atoms with Crippen molar-refractivity contribution in [2.75, 3.05) is 5.32 Å². The second-order valence-corrected chi connectivity index (χ2v) is 7.98. The van der Waals surface area contributed by atoms with Crippen LogP contribution in [0.15, 0.2) is 11.6 Å². The first-order chi connectivity index (χ1) is 12.3. The van der Waals surface area contributed by atoms with Gasteiger partial charge in [0.05, 0.1) is 0 Å². The van der Waals surface area contributed by atoms with Gasteiger partial charge in [-0.05, 0) is 6.42 Å². The molecule has 0 atom stereocenters. The van der Waals surface area contributed by atoms with Crippen LogP contribution in [0.1, 0.15) is 110 Å². The van der Waals surface area contributed by atoms with E-state index in [2.05, 4.69) is 17.2 Å². The van der Waals surface area contributed by atoms with Crippen LogP contribution in [0, 0.1) is 0 Å². The molecule has 1 amide bonds. The summed E-state index contributed by atoms with van der Waals surface area (Å²) in [6, 6.07) is 0. The number of carbonyl (C=O) groups is 1. The summed E-state index contributed by atoms with van der Waals surface area (Å²) >= 11 is 1.47. The van der Waals surface area contributed by atoms with Crippen LogP contribution in [-0.2, 0) is 4.79 Å². The third kappa shape index (κ3) is 14.0. The fraction of sp³-hybridized carbons (Fsp3) is 0.810. The highest BCUT2D eigenvalue weighted by Gasteiger charge is 2.03. The molecule has 0 aliphatic heterocycles. The second-order valence-electron chi connectivity index (χ2n) is 7.09. The van der Waals surface area contributed by atoms with E-state index in [1.54, 1.807) is 6.20 Å². The second kappa shape index (κ2) is 16.6. The van der Waals surface area contributed by atoms with Crippen molar-refractivity contribution in [3.05, 3.63) is 11.6 Å². The summed E-state index contributed by atoms with van der Waals surface area (Å²) in [4.78, 5) is 15.8.